The Morgan fingerprint density at radius 2 is 1.85 bits per heavy atom. The van der Waals surface area contributed by atoms with Crippen molar-refractivity contribution >= 4 is 5.95 Å². The average molecular weight is 524 g/mol. The van der Waals surface area contributed by atoms with Crippen LogP contribution >= 0.6 is 0 Å². The molecule has 0 aliphatic carbocycles. The minimum absolute atomic E-state index is 0.00198. The SMILES string of the molecule is COC[C@@H](C)Nc1nc(-c2cccc(C#N)c2)cc(-c2cn(Cc3cccc(C4CCN(C)CC4)n3)nn2)n1. The number of nitrogens with one attached hydrogen (secondary N) is 1. The fourth-order valence-electron chi connectivity index (χ4n) is 4.83. The van der Waals surface area contributed by atoms with E-state index in [0.717, 1.165) is 42.9 Å². The van der Waals surface area contributed by atoms with Gasteiger partial charge in [0.2, 0.25) is 5.95 Å². The van der Waals surface area contributed by atoms with E-state index in [2.05, 4.69) is 45.8 Å². The number of pyridine rings is 1. The number of hydrogen-bond donors (Lipinski definition) is 1. The summed E-state index contributed by atoms with van der Waals surface area (Å²) >= 11 is 0. The van der Waals surface area contributed by atoms with Crippen LogP contribution in [-0.4, -0.2) is 74.7 Å². The maximum Gasteiger partial charge on any atom is 0.224 e. The summed E-state index contributed by atoms with van der Waals surface area (Å²) < 4.78 is 7.05. The third kappa shape index (κ3) is 6.63. The van der Waals surface area contributed by atoms with Crippen LogP contribution in [0.5, 0.6) is 0 Å². The number of nitrogens with zero attached hydrogens (tertiary/aromatic N) is 8. The lowest BCUT2D eigenvalue weighted by Gasteiger charge is -2.28. The van der Waals surface area contributed by atoms with Crippen molar-refractivity contribution in [3.63, 3.8) is 0 Å². The molecule has 1 aliphatic rings. The summed E-state index contributed by atoms with van der Waals surface area (Å²) in [6, 6.07) is 17.7. The molecule has 0 unspecified atom stereocenters. The largest absolute Gasteiger partial charge is 0.383 e. The van der Waals surface area contributed by atoms with E-state index < -0.39 is 0 Å². The molecule has 1 fully saturated rings. The Bertz CT molecular complexity index is 1450. The van der Waals surface area contributed by atoms with Crippen molar-refractivity contribution < 1.29 is 4.74 Å². The molecule has 0 radical (unpaired) electrons. The van der Waals surface area contributed by atoms with E-state index in [-0.39, 0.29) is 6.04 Å². The van der Waals surface area contributed by atoms with Gasteiger partial charge in [-0.2, -0.15) is 5.26 Å². The Labute approximate surface area is 228 Å². The molecule has 1 N–H and O–H groups in total. The second-order valence-electron chi connectivity index (χ2n) is 10.1. The molecule has 1 aromatic carbocycles. The van der Waals surface area contributed by atoms with Crippen LogP contribution in [0, 0.1) is 11.3 Å². The molecule has 4 aromatic rings. The van der Waals surface area contributed by atoms with Crippen molar-refractivity contribution in [3.8, 4) is 28.7 Å². The monoisotopic (exact) mass is 523 g/mol. The molecule has 10 heteroatoms. The van der Waals surface area contributed by atoms with Gasteiger partial charge in [-0.3, -0.25) is 4.98 Å². The van der Waals surface area contributed by atoms with Crippen LogP contribution in [0.2, 0.25) is 0 Å². The summed E-state index contributed by atoms with van der Waals surface area (Å²) in [5.74, 6) is 0.953. The van der Waals surface area contributed by atoms with Gasteiger partial charge in [-0.15, -0.1) is 5.10 Å². The highest BCUT2D eigenvalue weighted by Crippen LogP contribution is 2.27. The van der Waals surface area contributed by atoms with Gasteiger partial charge >= 0.3 is 0 Å². The van der Waals surface area contributed by atoms with E-state index in [9.17, 15) is 5.26 Å². The molecule has 10 nitrogen and oxygen atoms in total. The number of benzene rings is 1. The molecule has 200 valence electrons. The van der Waals surface area contributed by atoms with Gasteiger partial charge < -0.3 is 15.0 Å². The minimum atomic E-state index is 0.00198. The highest BCUT2D eigenvalue weighted by atomic mass is 16.5. The molecular weight excluding hydrogens is 490 g/mol. The predicted molar refractivity (Wildman–Crippen MR) is 149 cm³/mol. The van der Waals surface area contributed by atoms with Crippen LogP contribution in [0.15, 0.2) is 54.7 Å². The molecule has 39 heavy (non-hydrogen) atoms. The summed E-state index contributed by atoms with van der Waals surface area (Å²) in [7, 11) is 3.83. The maximum absolute atomic E-state index is 9.36. The molecule has 4 heterocycles. The number of anilines is 1. The van der Waals surface area contributed by atoms with Crippen LogP contribution in [0.3, 0.4) is 0 Å². The number of rotatable bonds is 9. The van der Waals surface area contributed by atoms with E-state index in [0.29, 0.717) is 47.7 Å². The zero-order chi connectivity index (χ0) is 27.2. The lowest BCUT2D eigenvalue weighted by atomic mass is 9.93. The Kier molecular flexibility index (Phi) is 8.20. The van der Waals surface area contributed by atoms with E-state index in [4.69, 9.17) is 19.7 Å². The fourth-order valence-corrected chi connectivity index (χ4v) is 4.83. The van der Waals surface area contributed by atoms with Crippen molar-refractivity contribution in [1.82, 2.24) is 34.8 Å². The van der Waals surface area contributed by atoms with Crippen LogP contribution in [0.4, 0.5) is 5.95 Å². The van der Waals surface area contributed by atoms with Crippen LogP contribution in [0.25, 0.3) is 22.6 Å². The Morgan fingerprint density at radius 1 is 1.05 bits per heavy atom. The van der Waals surface area contributed by atoms with Gasteiger partial charge in [0.1, 0.15) is 5.69 Å². The number of likely N-dealkylation sites (tertiary alicyclic amines) is 1. The van der Waals surface area contributed by atoms with Crippen LogP contribution in [0.1, 0.15) is 42.6 Å². The highest BCUT2D eigenvalue weighted by molar-refractivity contribution is 5.68. The lowest BCUT2D eigenvalue weighted by Crippen LogP contribution is -2.29. The zero-order valence-electron chi connectivity index (χ0n) is 22.6. The Hall–Kier alpha value is -4.20. The van der Waals surface area contributed by atoms with Gasteiger partial charge in [-0.25, -0.2) is 14.6 Å². The topological polar surface area (TPSA) is 118 Å². The van der Waals surface area contributed by atoms with E-state index in [1.165, 1.54) is 0 Å². The number of ether oxygens (including phenoxy) is 1. The zero-order valence-corrected chi connectivity index (χ0v) is 22.6. The first-order chi connectivity index (χ1) is 19.0. The maximum atomic E-state index is 9.36. The molecule has 0 spiro atoms. The van der Waals surface area contributed by atoms with Gasteiger partial charge in [0.05, 0.1) is 48.1 Å². The van der Waals surface area contributed by atoms with E-state index in [1.807, 2.05) is 43.5 Å². The molecule has 1 atom stereocenters. The number of nitriles is 1. The normalized spacial score (nSPS) is 15.1. The minimum Gasteiger partial charge on any atom is -0.383 e. The van der Waals surface area contributed by atoms with Crippen LogP contribution in [-0.2, 0) is 11.3 Å². The molecule has 5 rings (SSSR count). The van der Waals surface area contributed by atoms with Crippen molar-refractivity contribution in [2.75, 3.05) is 39.2 Å². The fraction of sp³-hybridized carbons (Fsp3) is 0.379. The van der Waals surface area contributed by atoms with Crippen LogP contribution < -0.4 is 5.32 Å². The Morgan fingerprint density at radius 3 is 2.64 bits per heavy atom. The predicted octanol–water partition coefficient (Wildman–Crippen LogP) is 3.97. The smallest absolute Gasteiger partial charge is 0.224 e. The molecule has 1 aliphatic heterocycles. The molecule has 0 bridgehead atoms. The summed E-state index contributed by atoms with van der Waals surface area (Å²) in [6.07, 6.45) is 4.14. The molecule has 1 saturated heterocycles. The first-order valence-electron chi connectivity index (χ1n) is 13.2. The van der Waals surface area contributed by atoms with Crippen molar-refractivity contribution in [2.24, 2.45) is 0 Å². The first-order valence-corrected chi connectivity index (χ1v) is 13.2. The second kappa shape index (κ2) is 12.1. The van der Waals surface area contributed by atoms with Crippen molar-refractivity contribution in [1.29, 1.82) is 5.26 Å². The summed E-state index contributed by atoms with van der Waals surface area (Å²) in [4.78, 5) is 16.7. The molecule has 3 aromatic heterocycles. The number of piperidine rings is 1. The van der Waals surface area contributed by atoms with Gasteiger partial charge in [-0.1, -0.05) is 23.4 Å². The van der Waals surface area contributed by atoms with E-state index in [1.54, 1.807) is 17.9 Å². The van der Waals surface area contributed by atoms with E-state index >= 15 is 0 Å². The second-order valence-corrected chi connectivity index (χ2v) is 10.1. The first kappa shape index (κ1) is 26.4. The molecule has 0 amide bonds. The van der Waals surface area contributed by atoms with Gasteiger partial charge in [0.15, 0.2) is 0 Å². The highest BCUT2D eigenvalue weighted by Gasteiger charge is 2.20. The third-order valence-electron chi connectivity index (χ3n) is 6.90. The van der Waals surface area contributed by atoms with Gasteiger partial charge in [-0.05, 0) is 70.2 Å². The quantitative estimate of drug-likeness (QED) is 0.348. The average Bonchev–Trinajstić information content (AvgIpc) is 3.42. The number of hydrogen-bond acceptors (Lipinski definition) is 9. The summed E-state index contributed by atoms with van der Waals surface area (Å²) in [6.45, 7) is 5.23. The van der Waals surface area contributed by atoms with Crippen molar-refractivity contribution in [2.45, 2.75) is 38.3 Å². The number of methoxy groups -OCH3 is 1. The lowest BCUT2D eigenvalue weighted by molar-refractivity contribution is 0.190. The standard InChI is InChI=1S/C29H33N9O/c1-20(19-39-3)31-29-33-26(23-7-4-6-21(14-23)16-30)15-27(34-29)28-18-38(36-35-28)17-24-8-5-9-25(32-24)22-10-12-37(2)13-11-22/h4-9,14-15,18,20,22H,10-13,17,19H2,1-3H3,(H,31,33,34)/t20-/m1/s1. The molecular formula is C29H33N9O. The van der Waals surface area contributed by atoms with Gasteiger partial charge in [0, 0.05) is 30.3 Å². The summed E-state index contributed by atoms with van der Waals surface area (Å²) in [5.41, 5.74) is 5.44. The Balaban J connectivity index is 1.40. The third-order valence-corrected chi connectivity index (χ3v) is 6.90. The van der Waals surface area contributed by atoms with Gasteiger partial charge in [0.25, 0.3) is 0 Å². The number of aromatic nitrogens is 6. The summed E-state index contributed by atoms with van der Waals surface area (Å²) in [5, 5.41) is 21.4. The van der Waals surface area contributed by atoms with Crippen molar-refractivity contribution in [3.05, 3.63) is 71.7 Å². The molecule has 0 saturated carbocycles.